The molecule has 106 valence electrons. The quantitative estimate of drug-likeness (QED) is 0.799. The van der Waals surface area contributed by atoms with Crippen molar-refractivity contribution >= 4 is 16.5 Å². The normalized spacial score (nSPS) is 24.1. The fraction of sp³-hybridized carbons (Fsp3) is 0.375. The number of nitriles is 1. The Morgan fingerprint density at radius 3 is 2.90 bits per heavy atom. The van der Waals surface area contributed by atoms with Gasteiger partial charge in [0, 0.05) is 31.7 Å². The third kappa shape index (κ3) is 2.16. The van der Waals surface area contributed by atoms with E-state index in [4.69, 9.17) is 5.26 Å². The third-order valence-electron chi connectivity index (χ3n) is 4.49. The van der Waals surface area contributed by atoms with E-state index in [1.807, 2.05) is 17.2 Å². The second-order valence-corrected chi connectivity index (χ2v) is 6.70. The minimum absolute atomic E-state index is 0.458. The van der Waals surface area contributed by atoms with Crippen molar-refractivity contribution in [2.24, 2.45) is 5.92 Å². The standard InChI is InChI=1S/C16H16N4S/c17-11-19-9-13-6-7-20(14(13)10-19)16-18-8-15(21-16)12-4-2-1-3-5-12/h1-5,8,13-14H,6-7,9-10H2. The van der Waals surface area contributed by atoms with Gasteiger partial charge >= 0.3 is 0 Å². The highest BCUT2D eigenvalue weighted by Gasteiger charge is 2.42. The molecule has 1 aromatic heterocycles. The smallest absolute Gasteiger partial charge is 0.186 e. The molecule has 1 aromatic carbocycles. The van der Waals surface area contributed by atoms with E-state index < -0.39 is 0 Å². The summed E-state index contributed by atoms with van der Waals surface area (Å²) in [4.78, 5) is 10.1. The molecule has 3 heterocycles. The summed E-state index contributed by atoms with van der Waals surface area (Å²) in [6.07, 6.45) is 5.43. The molecule has 0 spiro atoms. The van der Waals surface area contributed by atoms with E-state index in [2.05, 4.69) is 40.3 Å². The van der Waals surface area contributed by atoms with Crippen LogP contribution in [0.4, 0.5) is 5.13 Å². The summed E-state index contributed by atoms with van der Waals surface area (Å²) in [5.41, 5.74) is 1.22. The van der Waals surface area contributed by atoms with Crippen LogP contribution in [0.2, 0.25) is 0 Å². The lowest BCUT2D eigenvalue weighted by Crippen LogP contribution is -2.34. The van der Waals surface area contributed by atoms with Crippen LogP contribution in [-0.4, -0.2) is 35.6 Å². The first-order valence-electron chi connectivity index (χ1n) is 7.28. The monoisotopic (exact) mass is 296 g/mol. The Kier molecular flexibility index (Phi) is 3.04. The predicted octanol–water partition coefficient (Wildman–Crippen LogP) is 2.80. The Balaban J connectivity index is 1.58. The maximum absolute atomic E-state index is 9.08. The van der Waals surface area contributed by atoms with E-state index in [9.17, 15) is 0 Å². The molecule has 4 rings (SSSR count). The fourth-order valence-corrected chi connectivity index (χ4v) is 4.42. The molecule has 0 N–H and O–H groups in total. The van der Waals surface area contributed by atoms with Crippen LogP contribution >= 0.6 is 11.3 Å². The predicted molar refractivity (Wildman–Crippen MR) is 84.0 cm³/mol. The van der Waals surface area contributed by atoms with Crippen molar-refractivity contribution in [1.82, 2.24) is 9.88 Å². The van der Waals surface area contributed by atoms with Gasteiger partial charge in [-0.3, -0.25) is 0 Å². The summed E-state index contributed by atoms with van der Waals surface area (Å²) < 4.78 is 0. The van der Waals surface area contributed by atoms with Gasteiger partial charge in [0.1, 0.15) is 0 Å². The lowest BCUT2D eigenvalue weighted by Gasteiger charge is -2.22. The maximum atomic E-state index is 9.08. The van der Waals surface area contributed by atoms with Crippen molar-refractivity contribution in [1.29, 1.82) is 5.26 Å². The molecule has 2 aliphatic heterocycles. The molecule has 2 aliphatic rings. The molecule has 2 fully saturated rings. The summed E-state index contributed by atoms with van der Waals surface area (Å²) >= 11 is 1.75. The molecule has 0 bridgehead atoms. The Hall–Kier alpha value is -2.06. The van der Waals surface area contributed by atoms with Crippen molar-refractivity contribution in [3.8, 4) is 16.6 Å². The van der Waals surface area contributed by atoms with Gasteiger partial charge in [0.05, 0.1) is 10.9 Å². The second kappa shape index (κ2) is 5.05. The molecule has 5 heteroatoms. The average Bonchev–Trinajstić information content (AvgIpc) is 3.22. The van der Waals surface area contributed by atoms with Crippen LogP contribution in [0.5, 0.6) is 0 Å². The summed E-state index contributed by atoms with van der Waals surface area (Å²) in [5.74, 6) is 0.619. The highest BCUT2D eigenvalue weighted by Crippen LogP contribution is 2.38. The molecule has 2 aromatic rings. The van der Waals surface area contributed by atoms with E-state index in [1.165, 1.54) is 16.9 Å². The number of anilines is 1. The molecule has 2 saturated heterocycles. The maximum Gasteiger partial charge on any atom is 0.186 e. The van der Waals surface area contributed by atoms with Gasteiger partial charge in [0.2, 0.25) is 0 Å². The summed E-state index contributed by atoms with van der Waals surface area (Å²) in [6.45, 7) is 2.83. The molecule has 2 atom stereocenters. The van der Waals surface area contributed by atoms with Gasteiger partial charge in [0.15, 0.2) is 11.3 Å². The van der Waals surface area contributed by atoms with Gasteiger partial charge in [0.25, 0.3) is 0 Å². The minimum atomic E-state index is 0.458. The van der Waals surface area contributed by atoms with Crippen LogP contribution in [0.25, 0.3) is 10.4 Å². The lowest BCUT2D eigenvalue weighted by atomic mass is 10.1. The molecule has 2 unspecified atom stereocenters. The van der Waals surface area contributed by atoms with Crippen molar-refractivity contribution in [3.63, 3.8) is 0 Å². The summed E-state index contributed by atoms with van der Waals surface area (Å²) in [7, 11) is 0. The first-order valence-corrected chi connectivity index (χ1v) is 8.09. The van der Waals surface area contributed by atoms with Crippen LogP contribution in [-0.2, 0) is 0 Å². The molecule has 0 amide bonds. The van der Waals surface area contributed by atoms with E-state index in [0.29, 0.717) is 12.0 Å². The first kappa shape index (κ1) is 12.7. The Morgan fingerprint density at radius 2 is 2.10 bits per heavy atom. The third-order valence-corrected chi connectivity index (χ3v) is 5.57. The Labute approximate surface area is 128 Å². The van der Waals surface area contributed by atoms with Crippen molar-refractivity contribution in [2.45, 2.75) is 12.5 Å². The van der Waals surface area contributed by atoms with Gasteiger partial charge < -0.3 is 9.80 Å². The number of nitrogens with zero attached hydrogens (tertiary/aromatic N) is 4. The molecule has 21 heavy (non-hydrogen) atoms. The number of rotatable bonds is 2. The number of hydrogen-bond acceptors (Lipinski definition) is 5. The average molecular weight is 296 g/mol. The number of thiazole rings is 1. The fourth-order valence-electron chi connectivity index (χ4n) is 3.41. The van der Waals surface area contributed by atoms with E-state index in [-0.39, 0.29) is 0 Å². The number of hydrogen-bond donors (Lipinski definition) is 0. The summed E-state index contributed by atoms with van der Waals surface area (Å²) in [5, 5.41) is 10.2. The molecule has 0 aliphatic carbocycles. The lowest BCUT2D eigenvalue weighted by molar-refractivity contribution is 0.446. The van der Waals surface area contributed by atoms with Crippen LogP contribution in [0.3, 0.4) is 0 Å². The summed E-state index contributed by atoms with van der Waals surface area (Å²) in [6, 6.07) is 10.9. The molecule has 0 saturated carbocycles. The van der Waals surface area contributed by atoms with Gasteiger partial charge in [-0.15, -0.1) is 0 Å². The number of aromatic nitrogens is 1. The molecular weight excluding hydrogens is 280 g/mol. The van der Waals surface area contributed by atoms with Crippen LogP contribution < -0.4 is 4.90 Å². The van der Waals surface area contributed by atoms with E-state index in [0.717, 1.165) is 24.8 Å². The zero-order chi connectivity index (χ0) is 14.2. The van der Waals surface area contributed by atoms with Crippen molar-refractivity contribution < 1.29 is 0 Å². The Bertz CT molecular complexity index is 675. The van der Waals surface area contributed by atoms with Gasteiger partial charge in [-0.05, 0) is 12.0 Å². The van der Waals surface area contributed by atoms with E-state index in [1.54, 1.807) is 11.3 Å². The SMILES string of the molecule is N#CN1CC2CCN(c3ncc(-c4ccccc4)s3)C2C1. The highest BCUT2D eigenvalue weighted by atomic mass is 32.1. The second-order valence-electron chi connectivity index (χ2n) is 5.69. The largest absolute Gasteiger partial charge is 0.343 e. The van der Waals surface area contributed by atoms with Crippen molar-refractivity contribution in [2.75, 3.05) is 24.5 Å². The van der Waals surface area contributed by atoms with Crippen LogP contribution in [0.1, 0.15) is 6.42 Å². The van der Waals surface area contributed by atoms with Gasteiger partial charge in [-0.2, -0.15) is 5.26 Å². The first-order chi connectivity index (χ1) is 10.3. The molecular formula is C16H16N4S. The number of benzene rings is 1. The van der Waals surface area contributed by atoms with Crippen LogP contribution in [0, 0.1) is 17.4 Å². The number of likely N-dealkylation sites (tertiary alicyclic amines) is 1. The topological polar surface area (TPSA) is 43.2 Å². The van der Waals surface area contributed by atoms with E-state index >= 15 is 0 Å². The zero-order valence-electron chi connectivity index (χ0n) is 11.6. The van der Waals surface area contributed by atoms with Crippen LogP contribution in [0.15, 0.2) is 36.5 Å². The van der Waals surface area contributed by atoms with Crippen molar-refractivity contribution in [3.05, 3.63) is 36.5 Å². The zero-order valence-corrected chi connectivity index (χ0v) is 12.5. The Morgan fingerprint density at radius 1 is 1.24 bits per heavy atom. The van der Waals surface area contributed by atoms with Gasteiger partial charge in [-0.1, -0.05) is 41.7 Å². The highest BCUT2D eigenvalue weighted by molar-refractivity contribution is 7.18. The molecule has 4 nitrogen and oxygen atoms in total. The number of fused-ring (bicyclic) bond motifs is 1. The molecule has 0 radical (unpaired) electrons. The van der Waals surface area contributed by atoms with Gasteiger partial charge in [-0.25, -0.2) is 4.98 Å². The minimum Gasteiger partial charge on any atom is -0.343 e.